The van der Waals surface area contributed by atoms with Crippen molar-refractivity contribution >= 4 is 5.91 Å². The first-order valence-electron chi connectivity index (χ1n) is 9.79. The number of para-hydroxylation sites is 1. The van der Waals surface area contributed by atoms with Crippen molar-refractivity contribution in [3.05, 3.63) is 77.9 Å². The number of ether oxygens (including phenoxy) is 1. The Hall–Kier alpha value is -4.01. The number of benzene rings is 2. The van der Waals surface area contributed by atoms with Crippen LogP contribution in [0.1, 0.15) is 23.0 Å². The van der Waals surface area contributed by atoms with Crippen LogP contribution in [0.25, 0.3) is 11.4 Å². The van der Waals surface area contributed by atoms with Crippen LogP contribution in [0.5, 0.6) is 5.75 Å². The number of imidazole rings is 1. The van der Waals surface area contributed by atoms with E-state index in [2.05, 4.69) is 25.7 Å². The Balaban J connectivity index is 1.55. The lowest BCUT2D eigenvalue weighted by Crippen LogP contribution is -2.34. The van der Waals surface area contributed by atoms with Gasteiger partial charge in [-0.15, -0.1) is 10.2 Å². The fourth-order valence-electron chi connectivity index (χ4n) is 3.31. The van der Waals surface area contributed by atoms with Gasteiger partial charge < -0.3 is 14.6 Å². The molecule has 4 aromatic rings. The van der Waals surface area contributed by atoms with Crippen LogP contribution in [0, 0.1) is 6.92 Å². The summed E-state index contributed by atoms with van der Waals surface area (Å²) in [6.45, 7) is 1.94. The van der Waals surface area contributed by atoms with Crippen molar-refractivity contribution in [1.29, 1.82) is 0 Å². The van der Waals surface area contributed by atoms with E-state index in [1.165, 1.54) is 4.80 Å². The molecule has 0 bridgehead atoms. The first kappa shape index (κ1) is 20.3. The molecule has 1 amide bonds. The maximum atomic E-state index is 12.9. The van der Waals surface area contributed by atoms with E-state index in [0.29, 0.717) is 17.4 Å². The number of aromatic nitrogens is 6. The van der Waals surface area contributed by atoms with Crippen LogP contribution in [0.15, 0.2) is 60.9 Å². The number of carbonyl (C=O) groups is 1. The molecule has 0 aliphatic heterocycles. The summed E-state index contributed by atoms with van der Waals surface area (Å²) in [5, 5.41) is 15.4. The van der Waals surface area contributed by atoms with Crippen molar-refractivity contribution in [2.75, 3.05) is 7.11 Å². The number of hydrogen-bond donors (Lipinski definition) is 1. The van der Waals surface area contributed by atoms with E-state index in [0.717, 1.165) is 16.7 Å². The predicted molar refractivity (Wildman–Crippen MR) is 114 cm³/mol. The summed E-state index contributed by atoms with van der Waals surface area (Å²) >= 11 is 0. The van der Waals surface area contributed by atoms with E-state index in [1.807, 2.05) is 73.3 Å². The quantitative estimate of drug-likeness (QED) is 0.495. The molecule has 158 valence electrons. The van der Waals surface area contributed by atoms with E-state index in [4.69, 9.17) is 4.74 Å². The van der Waals surface area contributed by atoms with Crippen LogP contribution in [-0.2, 0) is 18.4 Å². The summed E-state index contributed by atoms with van der Waals surface area (Å²) in [6.07, 6.45) is 3.52. The Kier molecular flexibility index (Phi) is 5.74. The van der Waals surface area contributed by atoms with Crippen molar-refractivity contribution in [2.24, 2.45) is 7.05 Å². The molecule has 0 fully saturated rings. The minimum absolute atomic E-state index is 0.0745. The number of rotatable bonds is 7. The van der Waals surface area contributed by atoms with Crippen molar-refractivity contribution < 1.29 is 9.53 Å². The number of hydrogen-bond acceptors (Lipinski definition) is 6. The second-order valence-electron chi connectivity index (χ2n) is 7.15. The molecule has 9 nitrogen and oxygen atoms in total. The number of aryl methyl sites for hydroxylation is 2. The normalized spacial score (nSPS) is 11.8. The van der Waals surface area contributed by atoms with Gasteiger partial charge in [0.25, 0.3) is 0 Å². The standard InChI is InChI=1S/C22H23N7O2/c1-15-8-10-16(11-9-15)21-25-27-29(26-21)14-19(30)24-20(22-23-12-13-28(22)2)17-6-4-5-7-18(17)31-3/h4-13,20H,14H2,1-3H3,(H,24,30). The lowest BCUT2D eigenvalue weighted by Gasteiger charge is -2.21. The maximum absolute atomic E-state index is 12.9. The zero-order valence-electron chi connectivity index (χ0n) is 17.6. The molecule has 1 N–H and O–H groups in total. The number of nitrogens with one attached hydrogen (secondary N) is 1. The van der Waals surface area contributed by atoms with Gasteiger partial charge >= 0.3 is 0 Å². The fraction of sp³-hybridized carbons (Fsp3) is 0.227. The summed E-state index contributed by atoms with van der Waals surface area (Å²) < 4.78 is 7.36. The third kappa shape index (κ3) is 4.45. The van der Waals surface area contributed by atoms with Gasteiger partial charge in [0, 0.05) is 30.6 Å². The average Bonchev–Trinajstić information content (AvgIpc) is 3.41. The van der Waals surface area contributed by atoms with Crippen LogP contribution in [0.4, 0.5) is 0 Å². The van der Waals surface area contributed by atoms with Crippen molar-refractivity contribution in [2.45, 2.75) is 19.5 Å². The SMILES string of the molecule is COc1ccccc1C(NC(=O)Cn1nnc(-c2ccc(C)cc2)n1)c1nccn1C. The summed E-state index contributed by atoms with van der Waals surface area (Å²) in [5.74, 6) is 1.55. The number of tetrazole rings is 1. The Bertz CT molecular complexity index is 1180. The summed E-state index contributed by atoms with van der Waals surface area (Å²) in [6, 6.07) is 14.8. The number of carbonyl (C=O) groups excluding carboxylic acids is 1. The Morgan fingerprint density at radius 3 is 2.65 bits per heavy atom. The molecule has 1 atom stereocenters. The lowest BCUT2D eigenvalue weighted by atomic mass is 10.0. The van der Waals surface area contributed by atoms with Gasteiger partial charge in [-0.1, -0.05) is 48.0 Å². The molecule has 0 saturated carbocycles. The molecule has 9 heteroatoms. The zero-order valence-corrected chi connectivity index (χ0v) is 17.6. The van der Waals surface area contributed by atoms with Gasteiger partial charge in [0.05, 0.1) is 7.11 Å². The van der Waals surface area contributed by atoms with E-state index >= 15 is 0 Å². The van der Waals surface area contributed by atoms with E-state index in [-0.39, 0.29) is 12.5 Å². The van der Waals surface area contributed by atoms with E-state index in [9.17, 15) is 4.79 Å². The molecule has 0 radical (unpaired) electrons. The molecule has 4 rings (SSSR count). The third-order valence-electron chi connectivity index (χ3n) is 4.92. The van der Waals surface area contributed by atoms with Crippen molar-refractivity contribution in [1.82, 2.24) is 35.1 Å². The molecule has 2 aromatic carbocycles. The van der Waals surface area contributed by atoms with Gasteiger partial charge in [-0.3, -0.25) is 4.79 Å². The van der Waals surface area contributed by atoms with Gasteiger partial charge in [0.1, 0.15) is 24.2 Å². The van der Waals surface area contributed by atoms with Crippen LogP contribution in [-0.4, -0.2) is 42.8 Å². The molecule has 0 spiro atoms. The average molecular weight is 417 g/mol. The monoisotopic (exact) mass is 417 g/mol. The van der Waals surface area contributed by atoms with E-state index < -0.39 is 6.04 Å². The number of methoxy groups -OCH3 is 1. The molecular formula is C22H23N7O2. The molecule has 2 heterocycles. The van der Waals surface area contributed by atoms with Crippen molar-refractivity contribution in [3.8, 4) is 17.1 Å². The molecule has 1 unspecified atom stereocenters. The molecule has 2 aromatic heterocycles. The second-order valence-corrected chi connectivity index (χ2v) is 7.15. The molecule has 0 aliphatic carbocycles. The molecular weight excluding hydrogens is 394 g/mol. The Labute approximate surface area is 179 Å². The number of amides is 1. The highest BCUT2D eigenvalue weighted by Gasteiger charge is 2.24. The van der Waals surface area contributed by atoms with Crippen LogP contribution >= 0.6 is 0 Å². The lowest BCUT2D eigenvalue weighted by molar-refractivity contribution is -0.122. The highest BCUT2D eigenvalue weighted by molar-refractivity contribution is 5.76. The van der Waals surface area contributed by atoms with Crippen molar-refractivity contribution in [3.63, 3.8) is 0 Å². The molecule has 0 saturated heterocycles. The van der Waals surface area contributed by atoms with Gasteiger partial charge in [-0.25, -0.2) is 4.98 Å². The van der Waals surface area contributed by atoms with Crippen LogP contribution in [0.2, 0.25) is 0 Å². The summed E-state index contributed by atoms with van der Waals surface area (Å²) in [4.78, 5) is 18.6. The van der Waals surface area contributed by atoms with Gasteiger partial charge in [-0.2, -0.15) is 4.80 Å². The highest BCUT2D eigenvalue weighted by Crippen LogP contribution is 2.29. The van der Waals surface area contributed by atoms with E-state index in [1.54, 1.807) is 13.3 Å². The minimum Gasteiger partial charge on any atom is -0.496 e. The Morgan fingerprint density at radius 1 is 1.16 bits per heavy atom. The predicted octanol–water partition coefficient (Wildman–Crippen LogP) is 2.30. The topological polar surface area (TPSA) is 99.8 Å². The van der Waals surface area contributed by atoms with Gasteiger partial charge in [0.15, 0.2) is 0 Å². The molecule has 31 heavy (non-hydrogen) atoms. The Morgan fingerprint density at radius 2 is 1.94 bits per heavy atom. The first-order valence-corrected chi connectivity index (χ1v) is 9.79. The third-order valence-corrected chi connectivity index (χ3v) is 4.92. The summed E-state index contributed by atoms with van der Waals surface area (Å²) in [7, 11) is 3.48. The smallest absolute Gasteiger partial charge is 0.244 e. The van der Waals surface area contributed by atoms with Crippen LogP contribution < -0.4 is 10.1 Å². The zero-order chi connectivity index (χ0) is 21.8. The minimum atomic E-state index is -0.497. The first-order chi connectivity index (χ1) is 15.0. The highest BCUT2D eigenvalue weighted by atomic mass is 16.5. The van der Waals surface area contributed by atoms with Gasteiger partial charge in [0.2, 0.25) is 11.7 Å². The van der Waals surface area contributed by atoms with Gasteiger partial charge in [-0.05, 0) is 18.2 Å². The largest absolute Gasteiger partial charge is 0.496 e. The summed E-state index contributed by atoms with van der Waals surface area (Å²) in [5.41, 5.74) is 2.80. The maximum Gasteiger partial charge on any atom is 0.244 e. The second kappa shape index (κ2) is 8.78. The number of nitrogens with zero attached hydrogens (tertiary/aromatic N) is 6. The van der Waals surface area contributed by atoms with Crippen LogP contribution in [0.3, 0.4) is 0 Å². The molecule has 0 aliphatic rings. The fourth-order valence-corrected chi connectivity index (χ4v) is 3.31.